The fourth-order valence-corrected chi connectivity index (χ4v) is 6.17. The van der Waals surface area contributed by atoms with Crippen molar-refractivity contribution in [2.75, 3.05) is 62.2 Å². The first-order valence-corrected chi connectivity index (χ1v) is 12.8. The fourth-order valence-electron chi connectivity index (χ4n) is 6.17. The summed E-state index contributed by atoms with van der Waals surface area (Å²) in [5, 5.41) is 0. The van der Waals surface area contributed by atoms with E-state index in [9.17, 15) is 4.79 Å². The SMILES string of the molecule is C[C@@H]1CCc2ncnc(N3CCN(C(=O)N4CCN(c5ncnc6c5[C@H](C)CC6)CC4)CC3)c21.Cl.Cl. The summed E-state index contributed by atoms with van der Waals surface area (Å²) in [7, 11) is 0. The van der Waals surface area contributed by atoms with Crippen molar-refractivity contribution >= 4 is 42.5 Å². The maximum absolute atomic E-state index is 13.3. The number of aryl methyl sites for hydroxylation is 2. The minimum Gasteiger partial charge on any atom is -0.353 e. The Hall–Kier alpha value is -2.39. The first kappa shape index (κ1) is 26.7. The van der Waals surface area contributed by atoms with E-state index >= 15 is 0 Å². The van der Waals surface area contributed by atoms with Crippen LogP contribution in [0.3, 0.4) is 0 Å². The largest absolute Gasteiger partial charge is 0.353 e. The van der Waals surface area contributed by atoms with Gasteiger partial charge < -0.3 is 19.6 Å². The summed E-state index contributed by atoms with van der Waals surface area (Å²) in [5.41, 5.74) is 5.06. The number of urea groups is 1. The van der Waals surface area contributed by atoms with E-state index in [1.165, 1.54) is 22.5 Å². The molecule has 0 unspecified atom stereocenters. The summed E-state index contributed by atoms with van der Waals surface area (Å²) in [6, 6.07) is 0.168. The molecule has 4 heterocycles. The summed E-state index contributed by atoms with van der Waals surface area (Å²) in [4.78, 5) is 40.3. The molecule has 2 fully saturated rings. The van der Waals surface area contributed by atoms with E-state index in [1.807, 2.05) is 9.80 Å². The monoisotopic (exact) mass is 534 g/mol. The number of halogens is 2. The molecule has 2 amide bonds. The van der Waals surface area contributed by atoms with Crippen molar-refractivity contribution in [2.45, 2.75) is 51.4 Å². The number of hydrogen-bond acceptors (Lipinski definition) is 7. The Kier molecular flexibility index (Phi) is 8.09. The molecule has 0 spiro atoms. The van der Waals surface area contributed by atoms with Gasteiger partial charge in [0.05, 0.1) is 0 Å². The molecule has 0 N–H and O–H groups in total. The van der Waals surface area contributed by atoms with Gasteiger partial charge in [0, 0.05) is 74.9 Å². The number of hydrogen-bond donors (Lipinski definition) is 0. The van der Waals surface area contributed by atoms with Crippen molar-refractivity contribution in [1.29, 1.82) is 0 Å². The van der Waals surface area contributed by atoms with Gasteiger partial charge in [-0.05, 0) is 37.5 Å². The molecule has 2 aliphatic heterocycles. The maximum Gasteiger partial charge on any atom is 0.320 e. The highest BCUT2D eigenvalue weighted by Crippen LogP contribution is 2.38. The van der Waals surface area contributed by atoms with Crippen molar-refractivity contribution < 1.29 is 4.79 Å². The minimum absolute atomic E-state index is 0. The first-order valence-electron chi connectivity index (χ1n) is 12.8. The molecule has 2 aliphatic carbocycles. The van der Waals surface area contributed by atoms with Gasteiger partial charge in [-0.1, -0.05) is 13.8 Å². The van der Waals surface area contributed by atoms with Crippen LogP contribution in [0.15, 0.2) is 12.7 Å². The Labute approximate surface area is 225 Å². The van der Waals surface area contributed by atoms with Crippen LogP contribution in [0.4, 0.5) is 16.4 Å². The van der Waals surface area contributed by atoms with Crippen LogP contribution < -0.4 is 9.80 Å². The third-order valence-corrected chi connectivity index (χ3v) is 8.20. The van der Waals surface area contributed by atoms with E-state index < -0.39 is 0 Å². The van der Waals surface area contributed by atoms with Crippen molar-refractivity contribution in [2.24, 2.45) is 0 Å². The van der Waals surface area contributed by atoms with Crippen LogP contribution in [-0.4, -0.2) is 88.1 Å². The highest BCUT2D eigenvalue weighted by atomic mass is 35.5. The summed E-state index contributed by atoms with van der Waals surface area (Å²) >= 11 is 0. The lowest BCUT2D eigenvalue weighted by Gasteiger charge is -2.41. The zero-order valence-electron chi connectivity index (χ0n) is 21.1. The molecule has 6 rings (SSSR count). The lowest BCUT2D eigenvalue weighted by molar-refractivity contribution is 0.147. The summed E-state index contributed by atoms with van der Waals surface area (Å²) < 4.78 is 0. The molecule has 2 aromatic rings. The Morgan fingerprint density at radius 3 is 1.44 bits per heavy atom. The number of anilines is 2. The Balaban J connectivity index is 0.00000152. The van der Waals surface area contributed by atoms with Crippen molar-refractivity contribution in [3.63, 3.8) is 0 Å². The Morgan fingerprint density at radius 1 is 0.667 bits per heavy atom. The summed E-state index contributed by atoms with van der Waals surface area (Å²) in [6.45, 7) is 10.8. The molecule has 0 aromatic carbocycles. The Morgan fingerprint density at radius 2 is 1.06 bits per heavy atom. The van der Waals surface area contributed by atoms with E-state index in [0.717, 1.165) is 89.7 Å². The number of nitrogens with zero attached hydrogens (tertiary/aromatic N) is 8. The molecule has 2 aromatic heterocycles. The molecule has 0 saturated carbocycles. The second-order valence-electron chi connectivity index (χ2n) is 10.2. The minimum atomic E-state index is 0. The van der Waals surface area contributed by atoms with Crippen molar-refractivity contribution in [3.8, 4) is 0 Å². The van der Waals surface area contributed by atoms with Crippen LogP contribution in [0.1, 0.15) is 61.0 Å². The second kappa shape index (κ2) is 10.9. The predicted octanol–water partition coefficient (Wildman–Crippen LogP) is 3.27. The molecular formula is C25H36Cl2N8O. The van der Waals surface area contributed by atoms with Gasteiger partial charge in [0.15, 0.2) is 0 Å². The summed E-state index contributed by atoms with van der Waals surface area (Å²) in [6.07, 6.45) is 7.82. The van der Waals surface area contributed by atoms with E-state index in [2.05, 4.69) is 43.6 Å². The quantitative estimate of drug-likeness (QED) is 0.584. The zero-order chi connectivity index (χ0) is 23.2. The first-order chi connectivity index (χ1) is 16.6. The lowest BCUT2D eigenvalue weighted by Crippen LogP contribution is -2.57. The third kappa shape index (κ3) is 4.67. The van der Waals surface area contributed by atoms with Crippen molar-refractivity contribution in [3.05, 3.63) is 35.2 Å². The zero-order valence-corrected chi connectivity index (χ0v) is 22.7. The Bertz CT molecular complexity index is 1000. The maximum atomic E-state index is 13.3. The molecule has 11 heteroatoms. The normalized spacial score (nSPS) is 23.1. The number of fused-ring (bicyclic) bond motifs is 2. The smallest absolute Gasteiger partial charge is 0.320 e. The van der Waals surface area contributed by atoms with Gasteiger partial charge in [0.2, 0.25) is 0 Å². The van der Waals surface area contributed by atoms with Crippen LogP contribution >= 0.6 is 24.8 Å². The van der Waals surface area contributed by atoms with E-state index in [0.29, 0.717) is 11.8 Å². The van der Waals surface area contributed by atoms with Crippen LogP contribution in [0.2, 0.25) is 0 Å². The second-order valence-corrected chi connectivity index (χ2v) is 10.2. The standard InChI is InChI=1S/C25H34N8O.2ClH/c1-17-3-5-19-21(17)23(28-15-26-19)30-7-11-32(12-8-30)25(34)33-13-9-31(10-14-33)24-22-18(2)4-6-20(22)27-16-29-24;;/h15-18H,3-14H2,1-2H3;2*1H/t17-,18-;;/m1../s1. The predicted molar refractivity (Wildman–Crippen MR) is 145 cm³/mol. The number of carbonyl (C=O) groups excluding carboxylic acids is 1. The van der Waals surface area contributed by atoms with Gasteiger partial charge in [0.25, 0.3) is 0 Å². The molecule has 2 atom stereocenters. The van der Waals surface area contributed by atoms with Gasteiger partial charge in [-0.3, -0.25) is 0 Å². The van der Waals surface area contributed by atoms with E-state index in [1.54, 1.807) is 12.7 Å². The van der Waals surface area contributed by atoms with Crippen LogP contribution in [0, 0.1) is 0 Å². The molecular weight excluding hydrogens is 499 g/mol. The number of carbonyl (C=O) groups is 1. The van der Waals surface area contributed by atoms with E-state index in [4.69, 9.17) is 0 Å². The molecule has 4 aliphatic rings. The molecule has 196 valence electrons. The highest BCUT2D eigenvalue weighted by Gasteiger charge is 2.33. The number of amides is 2. The third-order valence-electron chi connectivity index (χ3n) is 8.20. The van der Waals surface area contributed by atoms with Gasteiger partial charge in [-0.2, -0.15) is 0 Å². The van der Waals surface area contributed by atoms with Gasteiger partial charge in [0.1, 0.15) is 24.3 Å². The van der Waals surface area contributed by atoms with Crippen LogP contribution in [0.25, 0.3) is 0 Å². The molecule has 36 heavy (non-hydrogen) atoms. The summed E-state index contributed by atoms with van der Waals surface area (Å²) in [5.74, 6) is 3.20. The van der Waals surface area contributed by atoms with Crippen LogP contribution in [-0.2, 0) is 12.8 Å². The van der Waals surface area contributed by atoms with Gasteiger partial charge in [-0.25, -0.2) is 24.7 Å². The average Bonchev–Trinajstić information content (AvgIpc) is 3.46. The molecule has 9 nitrogen and oxygen atoms in total. The van der Waals surface area contributed by atoms with Crippen LogP contribution in [0.5, 0.6) is 0 Å². The number of piperazine rings is 2. The number of rotatable bonds is 2. The average molecular weight is 536 g/mol. The lowest BCUT2D eigenvalue weighted by atomic mass is 10.1. The van der Waals surface area contributed by atoms with Gasteiger partial charge in [-0.15, -0.1) is 24.8 Å². The van der Waals surface area contributed by atoms with Crippen molar-refractivity contribution in [1.82, 2.24) is 29.7 Å². The van der Waals surface area contributed by atoms with Gasteiger partial charge >= 0.3 is 6.03 Å². The molecule has 0 bridgehead atoms. The molecule has 0 radical (unpaired) electrons. The fraction of sp³-hybridized carbons (Fsp3) is 0.640. The number of aromatic nitrogens is 4. The topological polar surface area (TPSA) is 81.6 Å². The molecule has 2 saturated heterocycles. The highest BCUT2D eigenvalue weighted by molar-refractivity contribution is 5.85. The van der Waals surface area contributed by atoms with E-state index in [-0.39, 0.29) is 30.8 Å².